The number of carbonyl (C=O) groups is 1. The molecule has 2 aromatic carbocycles. The van der Waals surface area contributed by atoms with Crippen molar-refractivity contribution in [2.24, 2.45) is 0 Å². The summed E-state index contributed by atoms with van der Waals surface area (Å²) in [4.78, 5) is 16.8. The Kier molecular flexibility index (Phi) is 8.53. The van der Waals surface area contributed by atoms with E-state index in [9.17, 15) is 4.79 Å². The summed E-state index contributed by atoms with van der Waals surface area (Å²) in [6, 6.07) is 15.4. The number of nitrogens with zero attached hydrogens (tertiary/aromatic N) is 2. The van der Waals surface area contributed by atoms with Crippen molar-refractivity contribution in [3.63, 3.8) is 0 Å². The number of amides is 1. The Labute approximate surface area is 165 Å². The molecule has 0 spiro atoms. The first-order valence-corrected chi connectivity index (χ1v) is 8.12. The molecule has 0 bridgehead atoms. The van der Waals surface area contributed by atoms with Crippen LogP contribution in [0.3, 0.4) is 0 Å². The average molecular weight is 403 g/mol. The Morgan fingerprint density at radius 1 is 1.00 bits per heavy atom. The number of anilines is 1. The fraction of sp³-hybridized carbons (Fsp3) is 0.278. The van der Waals surface area contributed by atoms with Gasteiger partial charge in [0.2, 0.25) is 0 Å². The largest absolute Gasteiger partial charge is 0.399 e. The van der Waals surface area contributed by atoms with Gasteiger partial charge in [-0.25, -0.2) is 0 Å². The highest BCUT2D eigenvalue weighted by atomic mass is 35.5. The van der Waals surface area contributed by atoms with Gasteiger partial charge in [0.05, 0.1) is 10.6 Å². The number of benzene rings is 2. The standard InChI is InChI=1S/C18H20ClN3O.2ClH/c19-17-12-15(20)6-7-16(17)18(23)22-10-8-21(9-11-22)13-14-4-2-1-3-5-14;;/h1-7,12H,8-11,13,20H2;2*1H. The van der Waals surface area contributed by atoms with Crippen molar-refractivity contribution >= 4 is 48.0 Å². The highest BCUT2D eigenvalue weighted by Gasteiger charge is 2.23. The second kappa shape index (κ2) is 9.88. The Balaban J connectivity index is 0.00000156. The molecule has 1 amide bonds. The molecule has 2 N–H and O–H groups in total. The van der Waals surface area contributed by atoms with Gasteiger partial charge < -0.3 is 10.6 Å². The van der Waals surface area contributed by atoms with Gasteiger partial charge in [0.15, 0.2) is 0 Å². The molecule has 1 aliphatic heterocycles. The van der Waals surface area contributed by atoms with E-state index in [1.807, 2.05) is 11.0 Å². The number of nitrogen functional groups attached to an aromatic ring is 1. The van der Waals surface area contributed by atoms with Gasteiger partial charge >= 0.3 is 0 Å². The van der Waals surface area contributed by atoms with Crippen molar-refractivity contribution in [1.29, 1.82) is 0 Å². The van der Waals surface area contributed by atoms with Crippen LogP contribution in [0.15, 0.2) is 48.5 Å². The van der Waals surface area contributed by atoms with Gasteiger partial charge in [-0.1, -0.05) is 41.9 Å². The summed E-state index contributed by atoms with van der Waals surface area (Å²) < 4.78 is 0. The van der Waals surface area contributed by atoms with E-state index in [1.54, 1.807) is 18.2 Å². The molecule has 2 aromatic rings. The van der Waals surface area contributed by atoms with Crippen molar-refractivity contribution in [3.8, 4) is 0 Å². The average Bonchev–Trinajstić information content (AvgIpc) is 2.56. The Bertz CT molecular complexity index is 689. The van der Waals surface area contributed by atoms with E-state index in [0.29, 0.717) is 29.4 Å². The summed E-state index contributed by atoms with van der Waals surface area (Å²) in [5.74, 6) is -0.0191. The number of halogens is 3. The zero-order valence-corrected chi connectivity index (χ0v) is 16.1. The van der Waals surface area contributed by atoms with Crippen LogP contribution >= 0.6 is 36.4 Å². The number of carbonyl (C=O) groups excluding carboxylic acids is 1. The zero-order valence-electron chi connectivity index (χ0n) is 13.7. The minimum Gasteiger partial charge on any atom is -0.399 e. The number of rotatable bonds is 3. The van der Waals surface area contributed by atoms with Gasteiger partial charge in [0.25, 0.3) is 5.91 Å². The Hall–Kier alpha value is -1.46. The molecule has 4 nitrogen and oxygen atoms in total. The fourth-order valence-corrected chi connectivity index (χ4v) is 3.10. The molecule has 1 fully saturated rings. The van der Waals surface area contributed by atoms with Crippen LogP contribution in [-0.4, -0.2) is 41.9 Å². The van der Waals surface area contributed by atoms with Gasteiger partial charge in [0.1, 0.15) is 0 Å². The second-order valence-corrected chi connectivity index (χ2v) is 6.20. The van der Waals surface area contributed by atoms with Gasteiger partial charge in [-0.3, -0.25) is 9.69 Å². The van der Waals surface area contributed by atoms with Crippen molar-refractivity contribution < 1.29 is 4.79 Å². The van der Waals surface area contributed by atoms with Crippen molar-refractivity contribution in [3.05, 3.63) is 64.7 Å². The van der Waals surface area contributed by atoms with Crippen LogP contribution in [0, 0.1) is 0 Å². The molecule has 0 radical (unpaired) electrons. The first-order chi connectivity index (χ1) is 11.1. The molecule has 0 atom stereocenters. The van der Waals surface area contributed by atoms with Gasteiger partial charge in [-0.05, 0) is 23.8 Å². The molecular formula is C18H22Cl3N3O. The predicted molar refractivity (Wildman–Crippen MR) is 108 cm³/mol. The maximum Gasteiger partial charge on any atom is 0.255 e. The molecule has 0 unspecified atom stereocenters. The van der Waals surface area contributed by atoms with Crippen molar-refractivity contribution in [2.45, 2.75) is 6.54 Å². The van der Waals surface area contributed by atoms with E-state index in [-0.39, 0.29) is 30.7 Å². The summed E-state index contributed by atoms with van der Waals surface area (Å²) in [5, 5.41) is 0.418. The number of nitrogens with two attached hydrogens (primary N) is 1. The summed E-state index contributed by atoms with van der Waals surface area (Å²) in [6.07, 6.45) is 0. The molecule has 0 aliphatic carbocycles. The molecule has 0 saturated carbocycles. The van der Waals surface area contributed by atoms with Crippen LogP contribution in [0.4, 0.5) is 5.69 Å². The van der Waals surface area contributed by atoms with E-state index in [2.05, 4.69) is 29.2 Å². The van der Waals surface area contributed by atoms with Crippen molar-refractivity contribution in [2.75, 3.05) is 31.9 Å². The van der Waals surface area contributed by atoms with E-state index in [1.165, 1.54) is 5.56 Å². The molecule has 25 heavy (non-hydrogen) atoms. The summed E-state index contributed by atoms with van der Waals surface area (Å²) in [7, 11) is 0. The molecule has 3 rings (SSSR count). The van der Waals surface area contributed by atoms with E-state index in [4.69, 9.17) is 17.3 Å². The predicted octanol–water partition coefficient (Wildman–Crippen LogP) is 3.72. The first kappa shape index (κ1) is 21.6. The van der Waals surface area contributed by atoms with E-state index < -0.39 is 0 Å². The first-order valence-electron chi connectivity index (χ1n) is 7.74. The lowest BCUT2D eigenvalue weighted by atomic mass is 10.1. The summed E-state index contributed by atoms with van der Waals surface area (Å²) in [5.41, 5.74) is 8.08. The van der Waals surface area contributed by atoms with E-state index in [0.717, 1.165) is 19.6 Å². The third kappa shape index (κ3) is 5.51. The SMILES string of the molecule is Cl.Cl.Nc1ccc(C(=O)N2CCN(Cc3ccccc3)CC2)c(Cl)c1. The maximum atomic E-state index is 12.6. The summed E-state index contributed by atoms with van der Waals surface area (Å²) >= 11 is 6.14. The molecule has 0 aromatic heterocycles. The Morgan fingerprint density at radius 2 is 1.64 bits per heavy atom. The topological polar surface area (TPSA) is 49.6 Å². The smallest absolute Gasteiger partial charge is 0.255 e. The van der Waals surface area contributed by atoms with Gasteiger partial charge in [-0.2, -0.15) is 0 Å². The fourth-order valence-electron chi connectivity index (χ4n) is 2.83. The molecular weight excluding hydrogens is 381 g/mol. The Morgan fingerprint density at radius 3 is 2.24 bits per heavy atom. The monoisotopic (exact) mass is 401 g/mol. The zero-order chi connectivity index (χ0) is 16.2. The quantitative estimate of drug-likeness (QED) is 0.796. The molecule has 1 aliphatic rings. The highest BCUT2D eigenvalue weighted by Crippen LogP contribution is 2.21. The third-order valence-corrected chi connectivity index (χ3v) is 4.44. The van der Waals surface area contributed by atoms with Crippen LogP contribution in [0.2, 0.25) is 5.02 Å². The molecule has 1 saturated heterocycles. The van der Waals surface area contributed by atoms with Crippen LogP contribution in [0.5, 0.6) is 0 Å². The second-order valence-electron chi connectivity index (χ2n) is 5.79. The van der Waals surface area contributed by atoms with Crippen molar-refractivity contribution in [1.82, 2.24) is 9.80 Å². The maximum absolute atomic E-state index is 12.6. The lowest BCUT2D eigenvalue weighted by Crippen LogP contribution is -2.48. The van der Waals surface area contributed by atoms with Crippen LogP contribution < -0.4 is 5.73 Å². The lowest BCUT2D eigenvalue weighted by Gasteiger charge is -2.35. The summed E-state index contributed by atoms with van der Waals surface area (Å²) in [6.45, 7) is 4.09. The molecule has 7 heteroatoms. The minimum absolute atomic E-state index is 0. The van der Waals surface area contributed by atoms with Crippen LogP contribution in [0.25, 0.3) is 0 Å². The number of piperazine rings is 1. The minimum atomic E-state index is -0.0191. The molecule has 1 heterocycles. The third-order valence-electron chi connectivity index (χ3n) is 4.13. The number of hydrogen-bond acceptors (Lipinski definition) is 3. The van der Waals surface area contributed by atoms with Crippen LogP contribution in [0.1, 0.15) is 15.9 Å². The highest BCUT2D eigenvalue weighted by molar-refractivity contribution is 6.34. The molecule has 136 valence electrons. The normalized spacial score (nSPS) is 14.4. The van der Waals surface area contributed by atoms with E-state index >= 15 is 0 Å². The van der Waals surface area contributed by atoms with Gasteiger partial charge in [-0.15, -0.1) is 24.8 Å². The number of hydrogen-bond donors (Lipinski definition) is 1. The van der Waals surface area contributed by atoms with Crippen LogP contribution in [-0.2, 0) is 6.54 Å². The lowest BCUT2D eigenvalue weighted by molar-refractivity contribution is 0.0628. The van der Waals surface area contributed by atoms with Gasteiger partial charge in [0, 0.05) is 38.4 Å².